The van der Waals surface area contributed by atoms with Crippen molar-refractivity contribution in [1.29, 1.82) is 0 Å². The predicted molar refractivity (Wildman–Crippen MR) is 87.5 cm³/mol. The fourth-order valence-corrected chi connectivity index (χ4v) is 3.42. The number of hydrogen-bond donors (Lipinski definition) is 1. The van der Waals surface area contributed by atoms with Crippen LogP contribution in [0, 0.1) is 11.7 Å². The summed E-state index contributed by atoms with van der Waals surface area (Å²) in [5, 5.41) is 2.93. The Hall–Kier alpha value is -2.40. The zero-order valence-corrected chi connectivity index (χ0v) is 13.1. The number of ether oxygens (including phenoxy) is 2. The summed E-state index contributed by atoms with van der Waals surface area (Å²) < 4.78 is 24.5. The Kier molecular flexibility index (Phi) is 3.94. The Morgan fingerprint density at radius 3 is 2.62 bits per heavy atom. The van der Waals surface area contributed by atoms with Gasteiger partial charge in [0.1, 0.15) is 17.3 Å². The Labute approximate surface area is 139 Å². The first-order valence-corrected chi connectivity index (χ1v) is 8.17. The lowest BCUT2D eigenvalue weighted by molar-refractivity contribution is -0.121. The second-order valence-electron chi connectivity index (χ2n) is 6.29. The summed E-state index contributed by atoms with van der Waals surface area (Å²) in [7, 11) is 0. The lowest BCUT2D eigenvalue weighted by Gasteiger charge is -2.18. The molecule has 0 aliphatic carbocycles. The van der Waals surface area contributed by atoms with E-state index in [1.807, 2.05) is 0 Å². The van der Waals surface area contributed by atoms with E-state index in [0.29, 0.717) is 11.5 Å². The minimum atomic E-state index is -0.343. The molecule has 1 amide bonds. The molecule has 1 N–H and O–H groups in total. The summed E-state index contributed by atoms with van der Waals surface area (Å²) in [6.45, 7) is 0. The van der Waals surface area contributed by atoms with Gasteiger partial charge in [0.05, 0.1) is 18.1 Å². The molecule has 2 aliphatic heterocycles. The van der Waals surface area contributed by atoms with Crippen LogP contribution in [0.1, 0.15) is 19.3 Å². The minimum absolute atomic E-state index is 0.0148. The number of nitrogens with one attached hydrogen (secondary N) is 1. The Morgan fingerprint density at radius 2 is 1.96 bits per heavy atom. The molecule has 2 aromatic rings. The van der Waals surface area contributed by atoms with Crippen molar-refractivity contribution in [2.75, 3.05) is 5.32 Å². The molecular formula is C19H18FNO3. The van der Waals surface area contributed by atoms with Crippen molar-refractivity contribution in [2.24, 2.45) is 5.92 Å². The second kappa shape index (κ2) is 6.24. The van der Waals surface area contributed by atoms with Gasteiger partial charge in [0.15, 0.2) is 0 Å². The smallest absolute Gasteiger partial charge is 0.230 e. The summed E-state index contributed by atoms with van der Waals surface area (Å²) in [6.07, 6.45) is 3.19. The van der Waals surface area contributed by atoms with Gasteiger partial charge in [-0.3, -0.25) is 4.79 Å². The van der Waals surface area contributed by atoms with Gasteiger partial charge in [-0.2, -0.15) is 0 Å². The lowest BCUT2D eigenvalue weighted by Crippen LogP contribution is -2.30. The van der Waals surface area contributed by atoms with Crippen LogP contribution < -0.4 is 10.1 Å². The molecule has 24 heavy (non-hydrogen) atoms. The van der Waals surface area contributed by atoms with E-state index in [1.165, 1.54) is 12.1 Å². The normalized spacial score (nSPS) is 24.8. The molecule has 0 radical (unpaired) electrons. The van der Waals surface area contributed by atoms with Crippen LogP contribution in [0.3, 0.4) is 0 Å². The highest BCUT2D eigenvalue weighted by molar-refractivity contribution is 5.93. The van der Waals surface area contributed by atoms with Crippen LogP contribution in [0.25, 0.3) is 0 Å². The van der Waals surface area contributed by atoms with Crippen LogP contribution in [-0.2, 0) is 9.53 Å². The molecule has 3 atom stereocenters. The van der Waals surface area contributed by atoms with Crippen molar-refractivity contribution in [3.63, 3.8) is 0 Å². The third-order valence-electron chi connectivity index (χ3n) is 4.60. The maximum atomic E-state index is 13.2. The molecule has 0 saturated carbocycles. The number of carbonyl (C=O) groups is 1. The molecule has 0 aromatic heterocycles. The summed E-state index contributed by atoms with van der Waals surface area (Å²) in [5.41, 5.74) is 0.717. The first-order valence-electron chi connectivity index (χ1n) is 8.17. The number of anilines is 1. The summed E-state index contributed by atoms with van der Waals surface area (Å²) in [4.78, 5) is 12.4. The standard InChI is InChI=1S/C19H18FNO3/c20-12-2-1-3-15(10-12)23-14-6-4-13(5-7-14)21-19(22)17-11-16-8-9-18(17)24-16/h1-7,10,16-18H,8-9,11H2,(H,21,22). The molecule has 0 spiro atoms. The maximum Gasteiger partial charge on any atom is 0.230 e. The Balaban J connectivity index is 1.38. The largest absolute Gasteiger partial charge is 0.457 e. The van der Waals surface area contributed by atoms with Crippen LogP contribution in [-0.4, -0.2) is 18.1 Å². The first-order chi connectivity index (χ1) is 11.7. The fraction of sp³-hybridized carbons (Fsp3) is 0.316. The topological polar surface area (TPSA) is 47.6 Å². The van der Waals surface area contributed by atoms with Crippen molar-refractivity contribution in [3.05, 3.63) is 54.3 Å². The van der Waals surface area contributed by atoms with Crippen molar-refractivity contribution >= 4 is 11.6 Å². The average molecular weight is 327 g/mol. The van der Waals surface area contributed by atoms with Gasteiger partial charge in [0.2, 0.25) is 5.91 Å². The summed E-state index contributed by atoms with van der Waals surface area (Å²) in [5.74, 6) is 0.644. The number of carbonyl (C=O) groups excluding carboxylic acids is 1. The third kappa shape index (κ3) is 3.12. The lowest BCUT2D eigenvalue weighted by atomic mass is 9.88. The van der Waals surface area contributed by atoms with E-state index in [2.05, 4.69) is 5.32 Å². The van der Waals surface area contributed by atoms with Crippen LogP contribution in [0.5, 0.6) is 11.5 Å². The molecule has 2 bridgehead atoms. The number of hydrogen-bond acceptors (Lipinski definition) is 3. The van der Waals surface area contributed by atoms with Gasteiger partial charge in [0.25, 0.3) is 0 Å². The van der Waals surface area contributed by atoms with E-state index >= 15 is 0 Å². The van der Waals surface area contributed by atoms with Crippen molar-refractivity contribution in [3.8, 4) is 11.5 Å². The van der Waals surface area contributed by atoms with E-state index in [0.717, 1.165) is 24.9 Å². The van der Waals surface area contributed by atoms with E-state index < -0.39 is 0 Å². The Bertz CT molecular complexity index is 747. The number of amides is 1. The molecule has 4 rings (SSSR count). The Morgan fingerprint density at radius 1 is 1.12 bits per heavy atom. The number of benzene rings is 2. The van der Waals surface area contributed by atoms with Gasteiger partial charge in [-0.15, -0.1) is 0 Å². The fourth-order valence-electron chi connectivity index (χ4n) is 3.42. The quantitative estimate of drug-likeness (QED) is 0.919. The number of rotatable bonds is 4. The zero-order chi connectivity index (χ0) is 16.5. The van der Waals surface area contributed by atoms with E-state index in [-0.39, 0.29) is 29.9 Å². The molecule has 3 unspecified atom stereocenters. The molecule has 2 saturated heterocycles. The van der Waals surface area contributed by atoms with Crippen LogP contribution in [0.2, 0.25) is 0 Å². The molecule has 2 heterocycles. The van der Waals surface area contributed by atoms with Gasteiger partial charge >= 0.3 is 0 Å². The highest BCUT2D eigenvalue weighted by Gasteiger charge is 2.44. The maximum absolute atomic E-state index is 13.2. The number of halogens is 1. The van der Waals surface area contributed by atoms with Gasteiger partial charge in [-0.05, 0) is 55.7 Å². The first kappa shape index (κ1) is 15.1. The monoisotopic (exact) mass is 327 g/mol. The van der Waals surface area contributed by atoms with E-state index in [4.69, 9.17) is 9.47 Å². The van der Waals surface area contributed by atoms with Crippen molar-refractivity contribution in [2.45, 2.75) is 31.5 Å². The van der Waals surface area contributed by atoms with Crippen LogP contribution in [0.15, 0.2) is 48.5 Å². The molecule has 4 nitrogen and oxygen atoms in total. The highest BCUT2D eigenvalue weighted by atomic mass is 19.1. The highest BCUT2D eigenvalue weighted by Crippen LogP contribution is 2.39. The summed E-state index contributed by atoms with van der Waals surface area (Å²) >= 11 is 0. The van der Waals surface area contributed by atoms with Crippen molar-refractivity contribution < 1.29 is 18.7 Å². The predicted octanol–water partition coefficient (Wildman–Crippen LogP) is 4.12. The average Bonchev–Trinajstić information content (AvgIpc) is 3.20. The molecule has 124 valence electrons. The SMILES string of the molecule is O=C(Nc1ccc(Oc2cccc(F)c2)cc1)C1CC2CCC1O2. The zero-order valence-electron chi connectivity index (χ0n) is 13.1. The minimum Gasteiger partial charge on any atom is -0.457 e. The van der Waals surface area contributed by atoms with E-state index in [1.54, 1.807) is 36.4 Å². The summed E-state index contributed by atoms with van der Waals surface area (Å²) in [6, 6.07) is 13.0. The van der Waals surface area contributed by atoms with Gasteiger partial charge < -0.3 is 14.8 Å². The molecule has 5 heteroatoms. The van der Waals surface area contributed by atoms with Crippen molar-refractivity contribution in [1.82, 2.24) is 0 Å². The molecule has 2 fully saturated rings. The molecule has 2 aliphatic rings. The van der Waals surface area contributed by atoms with Crippen LogP contribution in [0.4, 0.5) is 10.1 Å². The number of fused-ring (bicyclic) bond motifs is 2. The molecular weight excluding hydrogens is 309 g/mol. The molecule has 2 aromatic carbocycles. The van der Waals surface area contributed by atoms with Gasteiger partial charge in [-0.1, -0.05) is 6.07 Å². The van der Waals surface area contributed by atoms with Gasteiger partial charge in [-0.25, -0.2) is 4.39 Å². The van der Waals surface area contributed by atoms with Gasteiger partial charge in [0, 0.05) is 11.8 Å². The van der Waals surface area contributed by atoms with Crippen LogP contribution >= 0.6 is 0 Å². The van der Waals surface area contributed by atoms with E-state index in [9.17, 15) is 9.18 Å². The second-order valence-corrected chi connectivity index (χ2v) is 6.29. The third-order valence-corrected chi connectivity index (χ3v) is 4.60.